The van der Waals surface area contributed by atoms with E-state index in [0.29, 0.717) is 6.61 Å². The maximum atomic E-state index is 11.5. The lowest BCUT2D eigenvalue weighted by Gasteiger charge is -2.07. The second-order valence-electron chi connectivity index (χ2n) is 3.49. The van der Waals surface area contributed by atoms with E-state index in [-0.39, 0.29) is 0 Å². The highest BCUT2D eigenvalue weighted by Gasteiger charge is 2.09. The van der Waals surface area contributed by atoms with Gasteiger partial charge in [-0.1, -0.05) is 6.92 Å². The van der Waals surface area contributed by atoms with Crippen molar-refractivity contribution in [3.8, 4) is 5.00 Å². The molecule has 0 bridgehead atoms. The molecule has 90 valence electrons. The first kappa shape index (κ1) is 11.7. The van der Waals surface area contributed by atoms with Gasteiger partial charge in [0.05, 0.1) is 12.3 Å². The molecule has 0 spiro atoms. The summed E-state index contributed by atoms with van der Waals surface area (Å²) in [7, 11) is 0. The highest BCUT2D eigenvalue weighted by molar-refractivity contribution is 7.13. The van der Waals surface area contributed by atoms with Crippen molar-refractivity contribution in [2.75, 3.05) is 11.9 Å². The molecule has 2 aromatic rings. The van der Waals surface area contributed by atoms with E-state index in [9.17, 15) is 4.79 Å². The lowest BCUT2D eigenvalue weighted by molar-refractivity contribution is 0.161. The Balaban J connectivity index is 2.07. The van der Waals surface area contributed by atoms with E-state index in [1.807, 2.05) is 47.5 Å². The topological polar surface area (TPSA) is 43.3 Å². The highest BCUT2D eigenvalue weighted by atomic mass is 32.1. The number of aromatic nitrogens is 1. The summed E-state index contributed by atoms with van der Waals surface area (Å²) in [5.74, 6) is 0. The van der Waals surface area contributed by atoms with Crippen LogP contribution in [-0.4, -0.2) is 17.3 Å². The van der Waals surface area contributed by atoms with E-state index in [0.717, 1.165) is 17.1 Å². The molecule has 1 amide bonds. The van der Waals surface area contributed by atoms with Gasteiger partial charge in [0.2, 0.25) is 0 Å². The number of nitrogens with zero attached hydrogens (tertiary/aromatic N) is 1. The Bertz CT molecular complexity index is 476. The molecule has 2 aromatic heterocycles. The minimum Gasteiger partial charge on any atom is -0.449 e. The number of ether oxygens (including phenoxy) is 1. The quantitative estimate of drug-likeness (QED) is 0.902. The van der Waals surface area contributed by atoms with Crippen molar-refractivity contribution < 1.29 is 9.53 Å². The van der Waals surface area contributed by atoms with E-state index in [2.05, 4.69) is 5.32 Å². The molecule has 5 heteroatoms. The van der Waals surface area contributed by atoms with Gasteiger partial charge in [-0.25, -0.2) is 4.79 Å². The fraction of sp³-hybridized carbons (Fsp3) is 0.250. The zero-order chi connectivity index (χ0) is 12.1. The number of hydrogen-bond acceptors (Lipinski definition) is 3. The zero-order valence-corrected chi connectivity index (χ0v) is 10.4. The normalized spacial score (nSPS) is 10.2. The first-order valence-corrected chi connectivity index (χ1v) is 6.34. The molecule has 0 saturated heterocycles. The van der Waals surface area contributed by atoms with Crippen LogP contribution < -0.4 is 5.32 Å². The van der Waals surface area contributed by atoms with E-state index in [1.54, 1.807) is 11.3 Å². The monoisotopic (exact) mass is 250 g/mol. The van der Waals surface area contributed by atoms with Gasteiger partial charge in [0, 0.05) is 12.4 Å². The van der Waals surface area contributed by atoms with Crippen molar-refractivity contribution in [1.82, 2.24) is 4.57 Å². The first-order valence-electron chi connectivity index (χ1n) is 5.46. The van der Waals surface area contributed by atoms with Crippen LogP contribution >= 0.6 is 11.3 Å². The molecule has 2 rings (SSSR count). The molecule has 0 aromatic carbocycles. The van der Waals surface area contributed by atoms with Crippen LogP contribution in [0.2, 0.25) is 0 Å². The van der Waals surface area contributed by atoms with Crippen LogP contribution in [0.5, 0.6) is 0 Å². The van der Waals surface area contributed by atoms with Crippen LogP contribution in [0.3, 0.4) is 0 Å². The average molecular weight is 250 g/mol. The van der Waals surface area contributed by atoms with Gasteiger partial charge in [-0.05, 0) is 30.0 Å². The molecule has 17 heavy (non-hydrogen) atoms. The van der Waals surface area contributed by atoms with Gasteiger partial charge >= 0.3 is 6.09 Å². The Morgan fingerprint density at radius 2 is 2.24 bits per heavy atom. The van der Waals surface area contributed by atoms with Crippen LogP contribution in [0.15, 0.2) is 36.0 Å². The van der Waals surface area contributed by atoms with Gasteiger partial charge in [0.15, 0.2) is 0 Å². The number of amides is 1. The molecule has 1 N–H and O–H groups in total. The van der Waals surface area contributed by atoms with E-state index in [1.165, 1.54) is 0 Å². The minimum atomic E-state index is -0.404. The van der Waals surface area contributed by atoms with Gasteiger partial charge in [-0.15, -0.1) is 11.3 Å². The number of rotatable bonds is 4. The third kappa shape index (κ3) is 2.88. The maximum absolute atomic E-state index is 11.5. The summed E-state index contributed by atoms with van der Waals surface area (Å²) in [5, 5.41) is 5.65. The Labute approximate surface area is 104 Å². The third-order valence-corrected chi connectivity index (χ3v) is 3.08. The lowest BCUT2D eigenvalue weighted by atomic mass is 10.5. The predicted molar refractivity (Wildman–Crippen MR) is 68.9 cm³/mol. The fourth-order valence-electron chi connectivity index (χ4n) is 1.41. The second-order valence-corrected chi connectivity index (χ2v) is 4.39. The van der Waals surface area contributed by atoms with Gasteiger partial charge < -0.3 is 9.30 Å². The summed E-state index contributed by atoms with van der Waals surface area (Å²) in [5.41, 5.74) is 0.771. The molecule has 0 saturated carbocycles. The smallest absolute Gasteiger partial charge is 0.411 e. The average Bonchev–Trinajstić information content (AvgIpc) is 2.95. The van der Waals surface area contributed by atoms with Crippen molar-refractivity contribution in [1.29, 1.82) is 0 Å². The standard InChI is InChI=1S/C12H14N2O2S/c1-2-8-16-12(15)13-10-5-9-17-11(10)14-6-3-4-7-14/h3-7,9H,2,8H2,1H3,(H,13,15). The summed E-state index contributed by atoms with van der Waals surface area (Å²) < 4.78 is 6.94. The van der Waals surface area contributed by atoms with Crippen molar-refractivity contribution in [2.45, 2.75) is 13.3 Å². The molecule has 0 aliphatic carbocycles. The van der Waals surface area contributed by atoms with Crippen LogP contribution in [-0.2, 0) is 4.74 Å². The van der Waals surface area contributed by atoms with Crippen LogP contribution in [0, 0.1) is 0 Å². The van der Waals surface area contributed by atoms with Crippen LogP contribution in [0.4, 0.5) is 10.5 Å². The van der Waals surface area contributed by atoms with Crippen LogP contribution in [0.25, 0.3) is 5.00 Å². The van der Waals surface area contributed by atoms with Gasteiger partial charge in [-0.2, -0.15) is 0 Å². The summed E-state index contributed by atoms with van der Waals surface area (Å²) in [6.45, 7) is 2.40. The Morgan fingerprint density at radius 3 is 2.94 bits per heavy atom. The third-order valence-electron chi connectivity index (χ3n) is 2.16. The molecular weight excluding hydrogens is 236 g/mol. The van der Waals surface area contributed by atoms with Crippen molar-refractivity contribution in [3.63, 3.8) is 0 Å². The first-order chi connectivity index (χ1) is 8.31. The molecule has 2 heterocycles. The molecular formula is C12H14N2O2S. The number of hydrogen-bond donors (Lipinski definition) is 1. The Hall–Kier alpha value is -1.75. The molecule has 0 aliphatic heterocycles. The van der Waals surface area contributed by atoms with Gasteiger partial charge in [0.1, 0.15) is 5.00 Å². The predicted octanol–water partition coefficient (Wildman–Crippen LogP) is 3.50. The number of anilines is 1. The molecule has 0 atom stereocenters. The molecule has 0 radical (unpaired) electrons. The highest BCUT2D eigenvalue weighted by Crippen LogP contribution is 2.26. The minimum absolute atomic E-state index is 0.404. The fourth-order valence-corrected chi connectivity index (χ4v) is 2.23. The molecule has 4 nitrogen and oxygen atoms in total. The second kappa shape index (κ2) is 5.54. The van der Waals surface area contributed by atoms with Crippen molar-refractivity contribution in [2.24, 2.45) is 0 Å². The number of carbonyl (C=O) groups excluding carboxylic acids is 1. The Kier molecular flexibility index (Phi) is 3.82. The zero-order valence-electron chi connectivity index (χ0n) is 9.55. The van der Waals surface area contributed by atoms with Gasteiger partial charge in [-0.3, -0.25) is 5.32 Å². The summed E-state index contributed by atoms with van der Waals surface area (Å²) in [6.07, 6.45) is 4.29. The van der Waals surface area contributed by atoms with Crippen molar-refractivity contribution in [3.05, 3.63) is 36.0 Å². The molecule has 0 fully saturated rings. The SMILES string of the molecule is CCCOC(=O)Nc1ccsc1-n1cccc1. The van der Waals surface area contributed by atoms with E-state index in [4.69, 9.17) is 4.74 Å². The number of carbonyl (C=O) groups is 1. The maximum Gasteiger partial charge on any atom is 0.411 e. The summed E-state index contributed by atoms with van der Waals surface area (Å²) in [4.78, 5) is 11.5. The van der Waals surface area contributed by atoms with Crippen LogP contribution in [0.1, 0.15) is 13.3 Å². The lowest BCUT2D eigenvalue weighted by Crippen LogP contribution is -2.14. The largest absolute Gasteiger partial charge is 0.449 e. The summed E-state index contributed by atoms with van der Waals surface area (Å²) in [6, 6.07) is 5.75. The summed E-state index contributed by atoms with van der Waals surface area (Å²) >= 11 is 1.57. The molecule has 0 aliphatic rings. The van der Waals surface area contributed by atoms with Crippen molar-refractivity contribution >= 4 is 23.1 Å². The van der Waals surface area contributed by atoms with E-state index < -0.39 is 6.09 Å². The Morgan fingerprint density at radius 1 is 1.47 bits per heavy atom. The van der Waals surface area contributed by atoms with Gasteiger partial charge in [0.25, 0.3) is 0 Å². The number of thiophene rings is 1. The number of nitrogens with one attached hydrogen (secondary N) is 1. The van der Waals surface area contributed by atoms with E-state index >= 15 is 0 Å². The molecule has 0 unspecified atom stereocenters.